The van der Waals surface area contributed by atoms with Crippen molar-refractivity contribution in [3.05, 3.63) is 29.8 Å². The average molecular weight is 263 g/mol. The number of ketones is 1. The lowest BCUT2D eigenvalue weighted by atomic mass is 10.1. The topological polar surface area (TPSA) is 20.3 Å². The number of thioether (sulfide) groups is 1. The Bertz CT molecular complexity index is 378. The van der Waals surface area contributed by atoms with Gasteiger partial charge in [-0.3, -0.25) is 4.79 Å². The second-order valence-electron chi connectivity index (χ2n) is 4.83. The van der Waals surface area contributed by atoms with Gasteiger partial charge in [-0.15, -0.1) is 11.8 Å². The molecule has 0 amide bonds. The fourth-order valence-corrected chi connectivity index (χ4v) is 2.73. The summed E-state index contributed by atoms with van der Waals surface area (Å²) in [6.07, 6.45) is 5.93. The van der Waals surface area contributed by atoms with Crippen LogP contribution in [0.3, 0.4) is 0 Å². The quantitative estimate of drug-likeness (QED) is 0.762. The van der Waals surface area contributed by atoms with E-state index in [1.165, 1.54) is 16.9 Å². The Morgan fingerprint density at radius 2 is 1.83 bits per heavy atom. The summed E-state index contributed by atoms with van der Waals surface area (Å²) in [5.41, 5.74) is 1.42. The van der Waals surface area contributed by atoms with Gasteiger partial charge in [0.1, 0.15) is 5.78 Å². The molecule has 0 aromatic heterocycles. The molecule has 0 unspecified atom stereocenters. The van der Waals surface area contributed by atoms with E-state index in [2.05, 4.69) is 35.4 Å². The summed E-state index contributed by atoms with van der Waals surface area (Å²) in [7, 11) is 0. The lowest BCUT2D eigenvalue weighted by molar-refractivity contribution is -0.121. The number of nitrogens with zero attached hydrogens (tertiary/aromatic N) is 1. The Balaban J connectivity index is 1.69. The lowest BCUT2D eigenvalue weighted by Crippen LogP contribution is -2.34. The van der Waals surface area contributed by atoms with Gasteiger partial charge >= 0.3 is 0 Å². The molecule has 0 N–H and O–H groups in total. The maximum absolute atomic E-state index is 11.1. The van der Waals surface area contributed by atoms with E-state index in [4.69, 9.17) is 0 Å². The van der Waals surface area contributed by atoms with Crippen LogP contribution in [0.2, 0.25) is 0 Å². The molecule has 1 fully saturated rings. The molecule has 1 aliphatic heterocycles. The molecule has 0 spiro atoms. The van der Waals surface area contributed by atoms with Gasteiger partial charge in [-0.1, -0.05) is 12.1 Å². The van der Waals surface area contributed by atoms with Crippen LogP contribution >= 0.6 is 11.8 Å². The number of Topliss-reactive ketones (excluding diaryl/α,β-unsaturated/α-hetero) is 1. The van der Waals surface area contributed by atoms with Crippen LogP contribution in [0, 0.1) is 0 Å². The standard InChI is InChI=1S/C15H21NOS/c1-18-15-6-4-13(5-7-15)3-2-10-16-11-8-14(17)9-12-16/h4-7H,2-3,8-12H2,1H3. The van der Waals surface area contributed by atoms with Gasteiger partial charge < -0.3 is 4.90 Å². The predicted molar refractivity (Wildman–Crippen MR) is 77.2 cm³/mol. The van der Waals surface area contributed by atoms with Crippen molar-refractivity contribution in [2.45, 2.75) is 30.6 Å². The van der Waals surface area contributed by atoms with E-state index in [0.29, 0.717) is 5.78 Å². The number of carbonyl (C=O) groups excluding carboxylic acids is 1. The fraction of sp³-hybridized carbons (Fsp3) is 0.533. The van der Waals surface area contributed by atoms with Crippen molar-refractivity contribution in [3.63, 3.8) is 0 Å². The molecule has 2 nitrogen and oxygen atoms in total. The van der Waals surface area contributed by atoms with Crippen molar-refractivity contribution >= 4 is 17.5 Å². The van der Waals surface area contributed by atoms with Crippen LogP contribution in [0.15, 0.2) is 29.2 Å². The highest BCUT2D eigenvalue weighted by molar-refractivity contribution is 7.98. The predicted octanol–water partition coefficient (Wildman–Crippen LogP) is 3.01. The van der Waals surface area contributed by atoms with Crippen molar-refractivity contribution in [2.75, 3.05) is 25.9 Å². The number of rotatable bonds is 5. The number of benzene rings is 1. The van der Waals surface area contributed by atoms with E-state index >= 15 is 0 Å². The van der Waals surface area contributed by atoms with Crippen LogP contribution < -0.4 is 0 Å². The number of piperidine rings is 1. The van der Waals surface area contributed by atoms with Crippen LogP contribution in [0.25, 0.3) is 0 Å². The van der Waals surface area contributed by atoms with E-state index < -0.39 is 0 Å². The number of aryl methyl sites for hydroxylation is 1. The average Bonchev–Trinajstić information content (AvgIpc) is 2.42. The molecule has 0 bridgehead atoms. The van der Waals surface area contributed by atoms with E-state index in [0.717, 1.165) is 38.9 Å². The normalized spacial score (nSPS) is 17.1. The summed E-state index contributed by atoms with van der Waals surface area (Å²) in [6.45, 7) is 3.05. The minimum absolute atomic E-state index is 0.430. The zero-order chi connectivity index (χ0) is 12.8. The van der Waals surface area contributed by atoms with Crippen molar-refractivity contribution in [2.24, 2.45) is 0 Å². The lowest BCUT2D eigenvalue weighted by Gasteiger charge is -2.25. The molecule has 98 valence electrons. The largest absolute Gasteiger partial charge is 0.302 e. The Hall–Kier alpha value is -0.800. The molecule has 0 saturated carbocycles. The Kier molecular flexibility index (Phi) is 5.26. The Labute approximate surface area is 114 Å². The smallest absolute Gasteiger partial charge is 0.135 e. The van der Waals surface area contributed by atoms with Crippen molar-refractivity contribution in [3.8, 4) is 0 Å². The third-order valence-electron chi connectivity index (χ3n) is 3.51. The minimum atomic E-state index is 0.430. The summed E-state index contributed by atoms with van der Waals surface area (Å²) >= 11 is 1.78. The first-order valence-corrected chi connectivity index (χ1v) is 7.87. The first-order chi connectivity index (χ1) is 8.78. The minimum Gasteiger partial charge on any atom is -0.302 e. The van der Waals surface area contributed by atoms with Gasteiger partial charge in [-0.2, -0.15) is 0 Å². The summed E-state index contributed by atoms with van der Waals surface area (Å²) < 4.78 is 0. The molecule has 0 radical (unpaired) electrons. The maximum atomic E-state index is 11.1. The van der Waals surface area contributed by atoms with Gasteiger partial charge in [0.2, 0.25) is 0 Å². The summed E-state index contributed by atoms with van der Waals surface area (Å²) in [6, 6.07) is 8.84. The highest BCUT2D eigenvalue weighted by Crippen LogP contribution is 2.16. The fourth-order valence-electron chi connectivity index (χ4n) is 2.33. The van der Waals surface area contributed by atoms with Gasteiger partial charge in [-0.25, -0.2) is 0 Å². The molecule has 1 aromatic rings. The van der Waals surface area contributed by atoms with Crippen molar-refractivity contribution in [1.82, 2.24) is 4.90 Å². The van der Waals surface area contributed by atoms with Crippen LogP contribution in [-0.4, -0.2) is 36.6 Å². The molecular weight excluding hydrogens is 242 g/mol. The first-order valence-electron chi connectivity index (χ1n) is 6.65. The van der Waals surface area contributed by atoms with E-state index in [1.807, 2.05) is 0 Å². The van der Waals surface area contributed by atoms with Crippen molar-refractivity contribution in [1.29, 1.82) is 0 Å². The van der Waals surface area contributed by atoms with Gasteiger partial charge in [0, 0.05) is 30.8 Å². The van der Waals surface area contributed by atoms with Gasteiger partial charge in [0.05, 0.1) is 0 Å². The van der Waals surface area contributed by atoms with Gasteiger partial charge in [0.25, 0.3) is 0 Å². The molecule has 2 rings (SSSR count). The third kappa shape index (κ3) is 4.14. The maximum Gasteiger partial charge on any atom is 0.135 e. The molecule has 1 saturated heterocycles. The highest BCUT2D eigenvalue weighted by atomic mass is 32.2. The molecule has 1 heterocycles. The van der Waals surface area contributed by atoms with Gasteiger partial charge in [0.15, 0.2) is 0 Å². The first kappa shape index (κ1) is 13.6. The second-order valence-corrected chi connectivity index (χ2v) is 5.71. The number of hydrogen-bond acceptors (Lipinski definition) is 3. The van der Waals surface area contributed by atoms with Crippen molar-refractivity contribution < 1.29 is 4.79 Å². The second kappa shape index (κ2) is 6.95. The Morgan fingerprint density at radius 1 is 1.17 bits per heavy atom. The molecule has 0 atom stereocenters. The molecule has 1 aromatic carbocycles. The molecule has 18 heavy (non-hydrogen) atoms. The molecule has 3 heteroatoms. The van der Waals surface area contributed by atoms with E-state index in [-0.39, 0.29) is 0 Å². The van der Waals surface area contributed by atoms with Crippen LogP contribution in [-0.2, 0) is 11.2 Å². The molecule has 0 aliphatic carbocycles. The summed E-state index contributed by atoms with van der Waals surface area (Å²) in [5, 5.41) is 0. The van der Waals surface area contributed by atoms with Crippen LogP contribution in [0.4, 0.5) is 0 Å². The molecule has 1 aliphatic rings. The third-order valence-corrected chi connectivity index (χ3v) is 4.26. The summed E-state index contributed by atoms with van der Waals surface area (Å²) in [4.78, 5) is 14.9. The Morgan fingerprint density at radius 3 is 2.44 bits per heavy atom. The SMILES string of the molecule is CSc1ccc(CCCN2CCC(=O)CC2)cc1. The number of likely N-dealkylation sites (tertiary alicyclic amines) is 1. The van der Waals surface area contributed by atoms with Gasteiger partial charge in [-0.05, 0) is 43.3 Å². The zero-order valence-electron chi connectivity index (χ0n) is 11.0. The van der Waals surface area contributed by atoms with Crippen LogP contribution in [0.5, 0.6) is 0 Å². The monoisotopic (exact) mass is 263 g/mol. The van der Waals surface area contributed by atoms with Crippen LogP contribution in [0.1, 0.15) is 24.8 Å². The number of hydrogen-bond donors (Lipinski definition) is 0. The zero-order valence-corrected chi connectivity index (χ0v) is 11.8. The highest BCUT2D eigenvalue weighted by Gasteiger charge is 2.15. The van der Waals surface area contributed by atoms with E-state index in [1.54, 1.807) is 11.8 Å². The van der Waals surface area contributed by atoms with E-state index in [9.17, 15) is 4.79 Å². The summed E-state index contributed by atoms with van der Waals surface area (Å²) in [5.74, 6) is 0.430. The molecular formula is C15H21NOS. The number of carbonyl (C=O) groups is 1.